The van der Waals surface area contributed by atoms with Gasteiger partial charge >= 0.3 is 0 Å². The Hall–Kier alpha value is -2.44. The highest BCUT2D eigenvalue weighted by atomic mass is 32.2. The molecular weight excluding hydrogens is 398 g/mol. The van der Waals surface area contributed by atoms with E-state index in [1.54, 1.807) is 29.3 Å². The van der Waals surface area contributed by atoms with Gasteiger partial charge in [-0.15, -0.1) is 11.3 Å². The molecule has 1 aliphatic carbocycles. The van der Waals surface area contributed by atoms with Crippen LogP contribution in [-0.4, -0.2) is 14.5 Å². The van der Waals surface area contributed by atoms with Crippen LogP contribution < -0.4 is 5.56 Å². The number of fused-ring (bicyclic) bond motifs is 3. The molecule has 0 saturated heterocycles. The summed E-state index contributed by atoms with van der Waals surface area (Å²) in [6.07, 6.45) is 6.83. The standard InChI is InChI=1S/C23H21N3OS2/c1-14-8-9-18(15(2)11-14)26-22(27)20-17-6-3-7-19(17)29-21(20)25-23(26)28-13-16-5-4-10-24-12-16/h4-5,8-12H,3,6-7,13H2,1-2H3. The lowest BCUT2D eigenvalue weighted by Gasteiger charge is -2.15. The van der Waals surface area contributed by atoms with Crippen molar-refractivity contribution in [3.8, 4) is 5.69 Å². The molecule has 0 spiro atoms. The third-order valence-corrected chi connectivity index (χ3v) is 7.59. The van der Waals surface area contributed by atoms with Crippen LogP contribution in [0.1, 0.15) is 33.6 Å². The molecule has 4 aromatic rings. The molecule has 1 aliphatic rings. The Kier molecular flexibility index (Phi) is 4.76. The molecule has 5 rings (SSSR count). The van der Waals surface area contributed by atoms with Crippen LogP contribution in [0.3, 0.4) is 0 Å². The number of benzene rings is 1. The van der Waals surface area contributed by atoms with E-state index in [1.165, 1.54) is 16.0 Å². The Morgan fingerprint density at radius 1 is 1.21 bits per heavy atom. The van der Waals surface area contributed by atoms with Crippen molar-refractivity contribution in [1.82, 2.24) is 14.5 Å². The minimum atomic E-state index is 0.0649. The number of pyridine rings is 1. The lowest BCUT2D eigenvalue weighted by Crippen LogP contribution is -2.22. The lowest BCUT2D eigenvalue weighted by molar-refractivity contribution is 0.814. The van der Waals surface area contributed by atoms with Gasteiger partial charge in [0.15, 0.2) is 5.16 Å². The summed E-state index contributed by atoms with van der Waals surface area (Å²) in [4.78, 5) is 25.1. The second-order valence-corrected chi connectivity index (χ2v) is 9.54. The number of hydrogen-bond donors (Lipinski definition) is 0. The average Bonchev–Trinajstić information content (AvgIpc) is 3.29. The summed E-state index contributed by atoms with van der Waals surface area (Å²) in [5.74, 6) is 0.724. The van der Waals surface area contributed by atoms with Gasteiger partial charge < -0.3 is 0 Å². The Morgan fingerprint density at radius 3 is 2.90 bits per heavy atom. The molecule has 6 heteroatoms. The molecular formula is C23H21N3OS2. The van der Waals surface area contributed by atoms with Crippen molar-refractivity contribution in [3.63, 3.8) is 0 Å². The number of thiophene rings is 1. The highest BCUT2D eigenvalue weighted by Gasteiger charge is 2.24. The van der Waals surface area contributed by atoms with Crippen LogP contribution in [0.15, 0.2) is 52.7 Å². The Morgan fingerprint density at radius 2 is 2.10 bits per heavy atom. The maximum atomic E-state index is 13.7. The molecule has 0 radical (unpaired) electrons. The van der Waals surface area contributed by atoms with E-state index in [2.05, 4.69) is 37.0 Å². The number of thioether (sulfide) groups is 1. The predicted octanol–water partition coefficient (Wildman–Crippen LogP) is 5.24. The van der Waals surface area contributed by atoms with Gasteiger partial charge in [-0.05, 0) is 61.9 Å². The van der Waals surface area contributed by atoms with Gasteiger partial charge in [0.05, 0.1) is 11.1 Å². The van der Waals surface area contributed by atoms with Crippen LogP contribution in [-0.2, 0) is 18.6 Å². The van der Waals surface area contributed by atoms with Crippen molar-refractivity contribution < 1.29 is 0 Å². The number of nitrogens with zero attached hydrogens (tertiary/aromatic N) is 3. The van der Waals surface area contributed by atoms with Gasteiger partial charge in [-0.2, -0.15) is 0 Å². The Bertz CT molecular complexity index is 1280. The van der Waals surface area contributed by atoms with Crippen molar-refractivity contribution in [2.75, 3.05) is 0 Å². The van der Waals surface area contributed by atoms with Crippen molar-refractivity contribution in [3.05, 3.63) is 80.2 Å². The van der Waals surface area contributed by atoms with Crippen molar-refractivity contribution in [2.24, 2.45) is 0 Å². The van der Waals surface area contributed by atoms with Crippen LogP contribution in [0.25, 0.3) is 15.9 Å². The molecule has 0 fully saturated rings. The van der Waals surface area contributed by atoms with Crippen molar-refractivity contribution in [2.45, 2.75) is 44.0 Å². The van der Waals surface area contributed by atoms with E-state index in [0.29, 0.717) is 0 Å². The number of hydrogen-bond acceptors (Lipinski definition) is 5. The summed E-state index contributed by atoms with van der Waals surface area (Å²) in [6, 6.07) is 10.2. The first-order chi connectivity index (χ1) is 14.1. The summed E-state index contributed by atoms with van der Waals surface area (Å²) in [6.45, 7) is 4.14. The van der Waals surface area contributed by atoms with E-state index in [1.807, 2.05) is 22.9 Å². The largest absolute Gasteiger partial charge is 0.268 e. The average molecular weight is 420 g/mol. The lowest BCUT2D eigenvalue weighted by atomic mass is 10.1. The van der Waals surface area contributed by atoms with Gasteiger partial charge in [0.25, 0.3) is 5.56 Å². The van der Waals surface area contributed by atoms with Gasteiger partial charge in [-0.25, -0.2) is 4.98 Å². The zero-order chi connectivity index (χ0) is 20.0. The second-order valence-electron chi connectivity index (χ2n) is 7.51. The van der Waals surface area contributed by atoms with E-state index < -0.39 is 0 Å². The number of rotatable bonds is 4. The molecule has 146 valence electrons. The zero-order valence-electron chi connectivity index (χ0n) is 16.4. The fourth-order valence-electron chi connectivity index (χ4n) is 4.02. The molecule has 3 aromatic heterocycles. The second kappa shape index (κ2) is 7.43. The van der Waals surface area contributed by atoms with Crippen molar-refractivity contribution in [1.29, 1.82) is 0 Å². The van der Waals surface area contributed by atoms with Gasteiger partial charge in [-0.1, -0.05) is 35.5 Å². The molecule has 0 N–H and O–H groups in total. The topological polar surface area (TPSA) is 47.8 Å². The van der Waals surface area contributed by atoms with Gasteiger partial charge in [-0.3, -0.25) is 14.3 Å². The highest BCUT2D eigenvalue weighted by Crippen LogP contribution is 2.36. The van der Waals surface area contributed by atoms with Crippen LogP contribution in [0.4, 0.5) is 0 Å². The minimum Gasteiger partial charge on any atom is -0.268 e. The van der Waals surface area contributed by atoms with E-state index in [9.17, 15) is 4.79 Å². The van der Waals surface area contributed by atoms with Crippen LogP contribution >= 0.6 is 23.1 Å². The third-order valence-electron chi connectivity index (χ3n) is 5.39. The summed E-state index contributed by atoms with van der Waals surface area (Å²) >= 11 is 3.29. The molecule has 0 saturated carbocycles. The summed E-state index contributed by atoms with van der Waals surface area (Å²) in [7, 11) is 0. The summed E-state index contributed by atoms with van der Waals surface area (Å²) in [5.41, 5.74) is 5.60. The van der Waals surface area contributed by atoms with Gasteiger partial charge in [0.2, 0.25) is 0 Å². The van der Waals surface area contributed by atoms with Gasteiger partial charge in [0.1, 0.15) is 4.83 Å². The molecule has 0 aliphatic heterocycles. The third kappa shape index (κ3) is 3.30. The van der Waals surface area contributed by atoms with Crippen LogP contribution in [0.2, 0.25) is 0 Å². The first-order valence-corrected chi connectivity index (χ1v) is 11.6. The molecule has 0 amide bonds. The van der Waals surface area contributed by atoms with E-state index >= 15 is 0 Å². The first kappa shape index (κ1) is 18.6. The Balaban J connectivity index is 1.70. The molecule has 0 unspecified atom stereocenters. The smallest absolute Gasteiger partial charge is 0.267 e. The first-order valence-electron chi connectivity index (χ1n) is 9.78. The maximum absolute atomic E-state index is 13.7. The molecule has 3 heterocycles. The Labute approximate surface area is 177 Å². The SMILES string of the molecule is Cc1ccc(-n2c(SCc3cccnc3)nc3sc4c(c3c2=O)CCC4)c(C)c1. The fraction of sp³-hybridized carbons (Fsp3) is 0.261. The molecule has 4 nitrogen and oxygen atoms in total. The van der Waals surface area contributed by atoms with Crippen molar-refractivity contribution >= 4 is 33.3 Å². The molecule has 29 heavy (non-hydrogen) atoms. The maximum Gasteiger partial charge on any atom is 0.267 e. The summed E-state index contributed by atoms with van der Waals surface area (Å²) in [5, 5.41) is 1.58. The molecule has 0 atom stereocenters. The summed E-state index contributed by atoms with van der Waals surface area (Å²) < 4.78 is 1.82. The quantitative estimate of drug-likeness (QED) is 0.335. The zero-order valence-corrected chi connectivity index (χ0v) is 18.1. The van der Waals surface area contributed by atoms with E-state index in [0.717, 1.165) is 57.2 Å². The van der Waals surface area contributed by atoms with Crippen LogP contribution in [0, 0.1) is 13.8 Å². The minimum absolute atomic E-state index is 0.0649. The fourth-order valence-corrected chi connectivity index (χ4v) is 6.26. The van der Waals surface area contributed by atoms with Gasteiger partial charge in [0, 0.05) is 23.0 Å². The molecule has 1 aromatic carbocycles. The highest BCUT2D eigenvalue weighted by molar-refractivity contribution is 7.98. The normalized spacial score (nSPS) is 13.2. The predicted molar refractivity (Wildman–Crippen MR) is 121 cm³/mol. The number of aryl methyl sites for hydroxylation is 4. The van der Waals surface area contributed by atoms with E-state index in [-0.39, 0.29) is 5.56 Å². The van der Waals surface area contributed by atoms with Crippen LogP contribution in [0.5, 0.6) is 0 Å². The van der Waals surface area contributed by atoms with E-state index in [4.69, 9.17) is 4.98 Å². The molecule has 0 bridgehead atoms. The monoisotopic (exact) mass is 419 g/mol. The number of aromatic nitrogens is 3.